The molecule has 2 aliphatic heterocycles. The largest absolute Gasteiger partial charge is 0.355 e. The van der Waals surface area contributed by atoms with E-state index in [0.29, 0.717) is 6.42 Å². The molecule has 20 heavy (non-hydrogen) atoms. The van der Waals surface area contributed by atoms with E-state index in [4.69, 9.17) is 0 Å². The second-order valence-electron chi connectivity index (χ2n) is 5.58. The summed E-state index contributed by atoms with van der Waals surface area (Å²) in [6.07, 6.45) is 4.81. The van der Waals surface area contributed by atoms with Crippen LogP contribution in [0.5, 0.6) is 0 Å². The third kappa shape index (κ3) is 2.72. The average molecular weight is 296 g/mol. The van der Waals surface area contributed by atoms with Crippen LogP contribution in [0.1, 0.15) is 19.3 Å². The SMILES string of the molecule is CN(c1ccnc(N2CCCC2)n1)C1CCS(=O)(=O)C1. The van der Waals surface area contributed by atoms with Crippen molar-refractivity contribution in [3.8, 4) is 0 Å². The first-order chi connectivity index (χ1) is 9.55. The molecule has 0 spiro atoms. The van der Waals surface area contributed by atoms with Crippen LogP contribution in [0.15, 0.2) is 12.3 Å². The first-order valence-corrected chi connectivity index (χ1v) is 8.88. The van der Waals surface area contributed by atoms with E-state index in [1.165, 1.54) is 12.8 Å². The number of anilines is 2. The lowest BCUT2D eigenvalue weighted by Gasteiger charge is -2.25. The van der Waals surface area contributed by atoms with E-state index in [-0.39, 0.29) is 17.5 Å². The smallest absolute Gasteiger partial charge is 0.227 e. The molecule has 3 heterocycles. The van der Waals surface area contributed by atoms with E-state index in [1.807, 2.05) is 18.0 Å². The van der Waals surface area contributed by atoms with Crippen molar-refractivity contribution >= 4 is 21.6 Å². The van der Waals surface area contributed by atoms with Crippen LogP contribution >= 0.6 is 0 Å². The number of hydrogen-bond donors (Lipinski definition) is 0. The normalized spacial score (nSPS) is 25.1. The minimum absolute atomic E-state index is 0.0290. The second kappa shape index (κ2) is 5.20. The number of rotatable bonds is 3. The van der Waals surface area contributed by atoms with Crippen LogP contribution in [0.4, 0.5) is 11.8 Å². The number of hydrogen-bond acceptors (Lipinski definition) is 6. The fraction of sp³-hybridized carbons (Fsp3) is 0.692. The fourth-order valence-corrected chi connectivity index (χ4v) is 4.65. The summed E-state index contributed by atoms with van der Waals surface area (Å²) in [5, 5.41) is 0. The Balaban J connectivity index is 1.78. The maximum atomic E-state index is 11.6. The first-order valence-electron chi connectivity index (χ1n) is 7.06. The van der Waals surface area contributed by atoms with Gasteiger partial charge in [0.15, 0.2) is 9.84 Å². The van der Waals surface area contributed by atoms with E-state index in [2.05, 4.69) is 14.9 Å². The highest BCUT2D eigenvalue weighted by Gasteiger charge is 2.31. The van der Waals surface area contributed by atoms with Gasteiger partial charge >= 0.3 is 0 Å². The van der Waals surface area contributed by atoms with E-state index >= 15 is 0 Å². The van der Waals surface area contributed by atoms with Crippen molar-refractivity contribution in [3.63, 3.8) is 0 Å². The molecule has 1 unspecified atom stereocenters. The van der Waals surface area contributed by atoms with E-state index in [0.717, 1.165) is 24.9 Å². The van der Waals surface area contributed by atoms with Crippen LogP contribution in [0.25, 0.3) is 0 Å². The summed E-state index contributed by atoms with van der Waals surface area (Å²) in [5.41, 5.74) is 0. The van der Waals surface area contributed by atoms with Gasteiger partial charge in [-0.3, -0.25) is 0 Å². The number of aromatic nitrogens is 2. The highest BCUT2D eigenvalue weighted by atomic mass is 32.2. The molecule has 2 saturated heterocycles. The van der Waals surface area contributed by atoms with Crippen molar-refractivity contribution in [2.75, 3.05) is 41.4 Å². The van der Waals surface area contributed by atoms with Crippen molar-refractivity contribution in [2.24, 2.45) is 0 Å². The first kappa shape index (κ1) is 13.6. The molecule has 1 atom stereocenters. The zero-order valence-corrected chi connectivity index (χ0v) is 12.5. The Morgan fingerprint density at radius 2 is 2.10 bits per heavy atom. The highest BCUT2D eigenvalue weighted by Crippen LogP contribution is 2.23. The molecule has 2 aliphatic rings. The minimum Gasteiger partial charge on any atom is -0.355 e. The van der Waals surface area contributed by atoms with Crippen molar-refractivity contribution in [1.29, 1.82) is 0 Å². The number of nitrogens with zero attached hydrogens (tertiary/aromatic N) is 4. The molecule has 2 fully saturated rings. The molecule has 0 bridgehead atoms. The molecule has 6 nitrogen and oxygen atoms in total. The standard InChI is InChI=1S/C13H20N4O2S/c1-16(11-5-9-20(18,19)10-11)12-4-6-14-13(15-12)17-7-2-3-8-17/h4,6,11H,2-3,5,7-10H2,1H3. The Kier molecular flexibility index (Phi) is 3.54. The number of sulfone groups is 1. The Bertz CT molecular complexity index is 584. The lowest BCUT2D eigenvalue weighted by Crippen LogP contribution is -2.33. The third-order valence-electron chi connectivity index (χ3n) is 4.13. The molecule has 0 aromatic carbocycles. The van der Waals surface area contributed by atoms with Gasteiger partial charge in [0.1, 0.15) is 5.82 Å². The maximum absolute atomic E-state index is 11.6. The van der Waals surface area contributed by atoms with Crippen LogP contribution < -0.4 is 9.80 Å². The van der Waals surface area contributed by atoms with Crippen molar-refractivity contribution in [1.82, 2.24) is 9.97 Å². The van der Waals surface area contributed by atoms with Gasteiger partial charge < -0.3 is 9.80 Å². The second-order valence-corrected chi connectivity index (χ2v) is 7.81. The molecule has 1 aromatic rings. The lowest BCUT2D eigenvalue weighted by atomic mass is 10.2. The Morgan fingerprint density at radius 3 is 2.75 bits per heavy atom. The van der Waals surface area contributed by atoms with Crippen molar-refractivity contribution < 1.29 is 8.42 Å². The fourth-order valence-electron chi connectivity index (χ4n) is 2.87. The van der Waals surface area contributed by atoms with Gasteiger partial charge in [0.25, 0.3) is 0 Å². The predicted octanol–water partition coefficient (Wildman–Crippen LogP) is 0.700. The summed E-state index contributed by atoms with van der Waals surface area (Å²) < 4.78 is 23.2. The minimum atomic E-state index is -2.87. The van der Waals surface area contributed by atoms with Gasteiger partial charge in [0, 0.05) is 32.4 Å². The molecule has 110 valence electrons. The van der Waals surface area contributed by atoms with Crippen molar-refractivity contribution in [2.45, 2.75) is 25.3 Å². The monoisotopic (exact) mass is 296 g/mol. The molecule has 0 aliphatic carbocycles. The van der Waals surface area contributed by atoms with Gasteiger partial charge in [-0.1, -0.05) is 0 Å². The zero-order valence-electron chi connectivity index (χ0n) is 11.7. The van der Waals surface area contributed by atoms with Crippen LogP contribution in [0.3, 0.4) is 0 Å². The molecular weight excluding hydrogens is 276 g/mol. The Morgan fingerprint density at radius 1 is 1.35 bits per heavy atom. The Hall–Kier alpha value is -1.37. The van der Waals surface area contributed by atoms with Crippen LogP contribution in [-0.2, 0) is 9.84 Å². The third-order valence-corrected chi connectivity index (χ3v) is 5.88. The summed E-state index contributed by atoms with van der Waals surface area (Å²) in [4.78, 5) is 13.1. The van der Waals surface area contributed by atoms with Gasteiger partial charge in [-0.05, 0) is 25.3 Å². The molecule has 0 radical (unpaired) electrons. The van der Waals surface area contributed by atoms with Gasteiger partial charge in [0.05, 0.1) is 11.5 Å². The van der Waals surface area contributed by atoms with Gasteiger partial charge in [-0.15, -0.1) is 0 Å². The summed E-state index contributed by atoms with van der Waals surface area (Å²) in [5.74, 6) is 2.08. The van der Waals surface area contributed by atoms with Crippen LogP contribution in [0, 0.1) is 0 Å². The van der Waals surface area contributed by atoms with Crippen molar-refractivity contribution in [3.05, 3.63) is 12.3 Å². The molecule has 1 aromatic heterocycles. The van der Waals surface area contributed by atoms with Gasteiger partial charge in [-0.2, -0.15) is 4.98 Å². The van der Waals surface area contributed by atoms with Crippen LogP contribution in [0.2, 0.25) is 0 Å². The summed E-state index contributed by atoms with van der Waals surface area (Å²) in [6, 6.07) is 1.88. The van der Waals surface area contributed by atoms with Gasteiger partial charge in [0.2, 0.25) is 5.95 Å². The molecule has 3 rings (SSSR count). The molecular formula is C13H20N4O2S. The summed E-state index contributed by atoms with van der Waals surface area (Å²) >= 11 is 0. The highest BCUT2D eigenvalue weighted by molar-refractivity contribution is 7.91. The topological polar surface area (TPSA) is 66.4 Å². The Labute approximate surface area is 119 Å². The predicted molar refractivity (Wildman–Crippen MR) is 78.9 cm³/mol. The summed E-state index contributed by atoms with van der Waals surface area (Å²) in [6.45, 7) is 2.01. The molecule has 0 N–H and O–H groups in total. The average Bonchev–Trinajstić information content (AvgIpc) is 3.07. The molecule has 0 saturated carbocycles. The van der Waals surface area contributed by atoms with Crippen LogP contribution in [-0.4, -0.2) is 56.1 Å². The maximum Gasteiger partial charge on any atom is 0.227 e. The zero-order chi connectivity index (χ0) is 14.2. The van der Waals surface area contributed by atoms with E-state index < -0.39 is 9.84 Å². The molecule has 0 amide bonds. The summed E-state index contributed by atoms with van der Waals surface area (Å²) in [7, 11) is -0.951. The van der Waals surface area contributed by atoms with E-state index in [1.54, 1.807) is 6.20 Å². The lowest BCUT2D eigenvalue weighted by molar-refractivity contribution is 0.600. The van der Waals surface area contributed by atoms with E-state index in [9.17, 15) is 8.42 Å². The quantitative estimate of drug-likeness (QED) is 0.818. The van der Waals surface area contributed by atoms with Gasteiger partial charge in [-0.25, -0.2) is 13.4 Å². The molecule has 7 heteroatoms.